The van der Waals surface area contributed by atoms with Crippen LogP contribution in [-0.2, 0) is 4.79 Å². The van der Waals surface area contributed by atoms with E-state index in [1.54, 1.807) is 18.4 Å². The lowest BCUT2D eigenvalue weighted by Gasteiger charge is -2.11. The molecular weight excluding hydrogens is 320 g/mol. The number of aliphatic hydroxyl groups is 1. The summed E-state index contributed by atoms with van der Waals surface area (Å²) in [5.74, 6) is -1.31. The maximum atomic E-state index is 11.8. The molecule has 6 heteroatoms. The fraction of sp³-hybridized carbons (Fsp3) is 0.333. The second-order valence-corrected chi connectivity index (χ2v) is 5.20. The van der Waals surface area contributed by atoms with E-state index in [9.17, 15) is 14.7 Å². The Labute approximate surface area is 118 Å². The van der Waals surface area contributed by atoms with Crippen molar-refractivity contribution in [3.05, 3.63) is 29.3 Å². The van der Waals surface area contributed by atoms with E-state index in [0.717, 1.165) is 0 Å². The van der Waals surface area contributed by atoms with Crippen molar-refractivity contribution in [1.29, 1.82) is 0 Å². The number of hydrogen-bond acceptors (Lipinski definition) is 4. The molecule has 0 saturated carbocycles. The molecule has 1 aromatic carbocycles. The highest BCUT2D eigenvalue weighted by atomic mass is 79.9. The Hall–Kier alpha value is -0.850. The van der Waals surface area contributed by atoms with Crippen molar-refractivity contribution in [1.82, 2.24) is 0 Å². The Morgan fingerprint density at radius 1 is 1.44 bits per heavy atom. The van der Waals surface area contributed by atoms with Gasteiger partial charge in [0, 0.05) is 22.2 Å². The van der Waals surface area contributed by atoms with Gasteiger partial charge in [-0.05, 0) is 24.0 Å². The first-order valence-electron chi connectivity index (χ1n) is 5.19. The summed E-state index contributed by atoms with van der Waals surface area (Å²) in [6.07, 6.45) is 0.627. The van der Waals surface area contributed by atoms with E-state index in [1.807, 2.05) is 0 Å². The SMILES string of the molecule is CSc1cc(C(O)C(=O)O)ccc1C(=O)CCBr. The van der Waals surface area contributed by atoms with E-state index < -0.39 is 12.1 Å². The first kappa shape index (κ1) is 15.2. The molecule has 0 aliphatic carbocycles. The van der Waals surface area contributed by atoms with Crippen molar-refractivity contribution in [2.24, 2.45) is 0 Å². The van der Waals surface area contributed by atoms with Crippen LogP contribution in [0.2, 0.25) is 0 Å². The number of ketones is 1. The summed E-state index contributed by atoms with van der Waals surface area (Å²) >= 11 is 4.56. The number of carboxylic acid groups (broad SMARTS) is 1. The fourth-order valence-electron chi connectivity index (χ4n) is 1.47. The molecule has 98 valence electrons. The molecule has 2 N–H and O–H groups in total. The summed E-state index contributed by atoms with van der Waals surface area (Å²) in [6, 6.07) is 4.59. The van der Waals surface area contributed by atoms with Gasteiger partial charge < -0.3 is 10.2 Å². The van der Waals surface area contributed by atoms with Crippen LogP contribution in [0.5, 0.6) is 0 Å². The quantitative estimate of drug-likeness (QED) is 0.475. The molecule has 0 aromatic heterocycles. The molecule has 0 bridgehead atoms. The van der Waals surface area contributed by atoms with Crippen molar-refractivity contribution < 1.29 is 19.8 Å². The van der Waals surface area contributed by atoms with Crippen LogP contribution in [0.4, 0.5) is 0 Å². The van der Waals surface area contributed by atoms with Gasteiger partial charge in [-0.2, -0.15) is 0 Å². The van der Waals surface area contributed by atoms with Gasteiger partial charge in [-0.25, -0.2) is 4.79 Å². The van der Waals surface area contributed by atoms with Crippen molar-refractivity contribution in [3.8, 4) is 0 Å². The summed E-state index contributed by atoms with van der Waals surface area (Å²) in [5.41, 5.74) is 0.838. The minimum Gasteiger partial charge on any atom is -0.479 e. The summed E-state index contributed by atoms with van der Waals surface area (Å²) < 4.78 is 0. The predicted molar refractivity (Wildman–Crippen MR) is 73.6 cm³/mol. The van der Waals surface area contributed by atoms with E-state index in [0.29, 0.717) is 22.2 Å². The van der Waals surface area contributed by atoms with E-state index >= 15 is 0 Å². The summed E-state index contributed by atoms with van der Waals surface area (Å²) in [5, 5.41) is 18.8. The second kappa shape index (κ2) is 6.92. The number of carboxylic acids is 1. The Morgan fingerprint density at radius 2 is 2.11 bits per heavy atom. The van der Waals surface area contributed by atoms with Crippen molar-refractivity contribution >= 4 is 39.4 Å². The summed E-state index contributed by atoms with van der Waals surface area (Å²) in [4.78, 5) is 23.2. The number of thioether (sulfide) groups is 1. The molecule has 1 rings (SSSR count). The number of aliphatic hydroxyl groups excluding tert-OH is 1. The number of halogens is 1. The third-order valence-corrected chi connectivity index (χ3v) is 3.57. The average Bonchev–Trinajstić information content (AvgIpc) is 2.37. The Kier molecular flexibility index (Phi) is 5.84. The highest BCUT2D eigenvalue weighted by molar-refractivity contribution is 9.09. The minimum absolute atomic E-state index is 0.00686. The minimum atomic E-state index is -1.56. The lowest BCUT2D eigenvalue weighted by Crippen LogP contribution is -2.11. The zero-order valence-corrected chi connectivity index (χ0v) is 12.1. The first-order chi connectivity index (χ1) is 8.51. The van der Waals surface area contributed by atoms with Gasteiger partial charge in [0.05, 0.1) is 0 Å². The van der Waals surface area contributed by atoms with Gasteiger partial charge in [0.2, 0.25) is 0 Å². The third kappa shape index (κ3) is 3.57. The molecular formula is C12H13BrO4S. The number of Topliss-reactive ketones (excluding diaryl/α,β-unsaturated/α-hetero) is 1. The zero-order chi connectivity index (χ0) is 13.7. The largest absolute Gasteiger partial charge is 0.479 e. The topological polar surface area (TPSA) is 74.6 Å². The molecule has 0 saturated heterocycles. The zero-order valence-electron chi connectivity index (χ0n) is 9.72. The summed E-state index contributed by atoms with van der Waals surface area (Å²) in [6.45, 7) is 0. The number of aliphatic carboxylic acids is 1. The Morgan fingerprint density at radius 3 is 2.61 bits per heavy atom. The van der Waals surface area contributed by atoms with Crippen LogP contribution in [0.25, 0.3) is 0 Å². The number of carbonyl (C=O) groups is 2. The number of benzene rings is 1. The molecule has 0 aliphatic rings. The molecule has 1 aromatic rings. The average molecular weight is 333 g/mol. The summed E-state index contributed by atoms with van der Waals surface area (Å²) in [7, 11) is 0. The van der Waals surface area contributed by atoms with Gasteiger partial charge in [-0.3, -0.25) is 4.79 Å². The van der Waals surface area contributed by atoms with Crippen LogP contribution in [0.3, 0.4) is 0 Å². The van der Waals surface area contributed by atoms with Crippen molar-refractivity contribution in [2.45, 2.75) is 17.4 Å². The molecule has 4 nitrogen and oxygen atoms in total. The van der Waals surface area contributed by atoms with Gasteiger partial charge in [-0.1, -0.05) is 22.0 Å². The third-order valence-electron chi connectivity index (χ3n) is 2.40. The highest BCUT2D eigenvalue weighted by Gasteiger charge is 2.18. The molecule has 0 spiro atoms. The molecule has 1 unspecified atom stereocenters. The number of carbonyl (C=O) groups excluding carboxylic acids is 1. The van der Waals surface area contributed by atoms with Crippen LogP contribution in [-0.4, -0.2) is 33.6 Å². The standard InChI is InChI=1S/C12H13BrO4S/c1-18-10-6-7(11(15)12(16)17)2-3-8(10)9(14)4-5-13/h2-3,6,11,15H,4-5H2,1H3,(H,16,17). The molecule has 18 heavy (non-hydrogen) atoms. The molecule has 0 fully saturated rings. The van der Waals surface area contributed by atoms with Crippen molar-refractivity contribution in [2.75, 3.05) is 11.6 Å². The highest BCUT2D eigenvalue weighted by Crippen LogP contribution is 2.26. The van der Waals surface area contributed by atoms with Gasteiger partial charge in [0.1, 0.15) is 0 Å². The smallest absolute Gasteiger partial charge is 0.337 e. The Bertz CT molecular complexity index is 461. The molecule has 0 heterocycles. The van der Waals surface area contributed by atoms with E-state index in [-0.39, 0.29) is 11.3 Å². The molecule has 1 atom stereocenters. The monoisotopic (exact) mass is 332 g/mol. The normalized spacial score (nSPS) is 12.2. The Balaban J connectivity index is 3.11. The van der Waals surface area contributed by atoms with Gasteiger partial charge in [0.15, 0.2) is 11.9 Å². The number of hydrogen-bond donors (Lipinski definition) is 2. The van der Waals surface area contributed by atoms with Crippen LogP contribution in [0.15, 0.2) is 23.1 Å². The fourth-order valence-corrected chi connectivity index (χ4v) is 2.49. The predicted octanol–water partition coefficient (Wildman–Crippen LogP) is 2.49. The molecule has 0 aliphatic heterocycles. The van der Waals surface area contributed by atoms with Crippen LogP contribution in [0.1, 0.15) is 28.4 Å². The van der Waals surface area contributed by atoms with Gasteiger partial charge in [0.25, 0.3) is 0 Å². The van der Waals surface area contributed by atoms with Crippen LogP contribution in [0, 0.1) is 0 Å². The first-order valence-corrected chi connectivity index (χ1v) is 7.53. The lowest BCUT2D eigenvalue weighted by atomic mass is 10.0. The number of rotatable bonds is 6. The van der Waals surface area contributed by atoms with E-state index in [4.69, 9.17) is 5.11 Å². The van der Waals surface area contributed by atoms with Crippen LogP contribution < -0.4 is 0 Å². The van der Waals surface area contributed by atoms with Crippen LogP contribution >= 0.6 is 27.7 Å². The maximum absolute atomic E-state index is 11.8. The van der Waals surface area contributed by atoms with E-state index in [1.165, 1.54) is 17.8 Å². The number of alkyl halides is 1. The van der Waals surface area contributed by atoms with Crippen molar-refractivity contribution in [3.63, 3.8) is 0 Å². The maximum Gasteiger partial charge on any atom is 0.337 e. The molecule has 0 amide bonds. The second-order valence-electron chi connectivity index (χ2n) is 3.56. The van der Waals surface area contributed by atoms with Gasteiger partial charge in [-0.15, -0.1) is 11.8 Å². The van der Waals surface area contributed by atoms with E-state index in [2.05, 4.69) is 15.9 Å². The molecule has 0 radical (unpaired) electrons. The van der Waals surface area contributed by atoms with Gasteiger partial charge >= 0.3 is 5.97 Å². The lowest BCUT2D eigenvalue weighted by molar-refractivity contribution is -0.146.